The highest BCUT2D eigenvalue weighted by atomic mass is 19.1. The van der Waals surface area contributed by atoms with E-state index in [4.69, 9.17) is 0 Å². The number of aromatic nitrogens is 5. The van der Waals surface area contributed by atoms with Crippen LogP contribution in [0.2, 0.25) is 0 Å². The number of piperazine rings is 1. The van der Waals surface area contributed by atoms with Gasteiger partial charge in [0.2, 0.25) is 5.91 Å². The molecule has 1 aliphatic rings. The first-order valence-corrected chi connectivity index (χ1v) is 9.94. The number of nitrogens with zero attached hydrogens (tertiary/aromatic N) is 8. The monoisotopic (exact) mass is 420 g/mol. The Balaban J connectivity index is 1.51. The number of hydrogen-bond donors (Lipinski definition) is 0. The minimum atomic E-state index is -0.628. The number of pyridine rings is 1. The molecule has 10 heteroatoms. The normalized spacial score (nSPS) is 14.9. The van der Waals surface area contributed by atoms with Gasteiger partial charge in [0.05, 0.1) is 5.56 Å². The van der Waals surface area contributed by atoms with E-state index in [0.29, 0.717) is 49.8 Å². The lowest BCUT2D eigenvalue weighted by molar-refractivity contribution is -0.135. The highest BCUT2D eigenvalue weighted by Gasteiger charge is 2.31. The molecule has 158 valence electrons. The van der Waals surface area contributed by atoms with Crippen molar-refractivity contribution in [2.45, 2.75) is 19.4 Å². The summed E-state index contributed by atoms with van der Waals surface area (Å²) in [6, 6.07) is 11.1. The third kappa shape index (κ3) is 4.35. The second-order valence-electron chi connectivity index (χ2n) is 7.32. The van der Waals surface area contributed by atoms with E-state index in [2.05, 4.69) is 26.6 Å². The molecule has 0 spiro atoms. The van der Waals surface area contributed by atoms with Gasteiger partial charge >= 0.3 is 0 Å². The van der Waals surface area contributed by atoms with Crippen LogP contribution >= 0.6 is 0 Å². The van der Waals surface area contributed by atoms with Crippen molar-refractivity contribution in [1.82, 2.24) is 30.1 Å². The fourth-order valence-corrected chi connectivity index (χ4v) is 3.73. The average molecular weight is 420 g/mol. The molecule has 3 heterocycles. The van der Waals surface area contributed by atoms with Gasteiger partial charge in [0.15, 0.2) is 0 Å². The van der Waals surface area contributed by atoms with Crippen molar-refractivity contribution in [3.8, 4) is 6.07 Å². The number of carbonyl (C=O) groups is 1. The molecule has 0 bridgehead atoms. The van der Waals surface area contributed by atoms with E-state index in [0.717, 1.165) is 5.56 Å². The number of benzene rings is 1. The van der Waals surface area contributed by atoms with Crippen LogP contribution in [0.4, 0.5) is 10.2 Å². The van der Waals surface area contributed by atoms with E-state index >= 15 is 0 Å². The van der Waals surface area contributed by atoms with Gasteiger partial charge in [0, 0.05) is 38.8 Å². The van der Waals surface area contributed by atoms with Crippen LogP contribution in [0.3, 0.4) is 0 Å². The summed E-state index contributed by atoms with van der Waals surface area (Å²) < 4.78 is 14.8. The second-order valence-corrected chi connectivity index (χ2v) is 7.32. The molecule has 9 nitrogen and oxygen atoms in total. The van der Waals surface area contributed by atoms with Gasteiger partial charge in [-0.15, -0.1) is 5.10 Å². The zero-order valence-corrected chi connectivity index (χ0v) is 17.0. The number of carbonyl (C=O) groups excluding carboxylic acids is 1. The Morgan fingerprint density at radius 3 is 2.58 bits per heavy atom. The van der Waals surface area contributed by atoms with Crippen molar-refractivity contribution < 1.29 is 9.18 Å². The Kier molecular flexibility index (Phi) is 5.84. The van der Waals surface area contributed by atoms with Crippen LogP contribution in [0, 0.1) is 24.1 Å². The summed E-state index contributed by atoms with van der Waals surface area (Å²) in [5.41, 5.74) is 1.33. The maximum absolute atomic E-state index is 13.4. The molecular weight excluding hydrogens is 399 g/mol. The van der Waals surface area contributed by atoms with Crippen LogP contribution in [0.15, 0.2) is 42.6 Å². The van der Waals surface area contributed by atoms with E-state index in [-0.39, 0.29) is 11.7 Å². The topological polar surface area (TPSA) is 104 Å². The number of aryl methyl sites for hydroxylation is 1. The maximum atomic E-state index is 13.4. The highest BCUT2D eigenvalue weighted by Crippen LogP contribution is 2.22. The maximum Gasteiger partial charge on any atom is 0.248 e. The van der Waals surface area contributed by atoms with Crippen molar-refractivity contribution in [2.24, 2.45) is 0 Å². The molecule has 1 aromatic carbocycles. The van der Waals surface area contributed by atoms with E-state index < -0.39 is 6.04 Å². The van der Waals surface area contributed by atoms with Crippen LogP contribution < -0.4 is 4.90 Å². The first-order chi connectivity index (χ1) is 15.1. The summed E-state index contributed by atoms with van der Waals surface area (Å²) in [6.45, 7) is 3.85. The molecule has 1 unspecified atom stereocenters. The molecule has 0 aliphatic carbocycles. The summed E-state index contributed by atoms with van der Waals surface area (Å²) >= 11 is 0. The fraction of sp³-hybridized carbons (Fsp3) is 0.333. The molecule has 1 fully saturated rings. The SMILES string of the molecule is Cc1nnnn1C(Cc1ccc(F)cc1)C(=O)N1CCN(c2ncccc2C#N)CC1. The van der Waals surface area contributed by atoms with E-state index in [1.165, 1.54) is 16.8 Å². The number of anilines is 1. The lowest BCUT2D eigenvalue weighted by Gasteiger charge is -2.37. The van der Waals surface area contributed by atoms with Gasteiger partial charge in [-0.25, -0.2) is 14.1 Å². The zero-order valence-electron chi connectivity index (χ0n) is 17.0. The standard InChI is InChI=1S/C21H21FN8O/c1-15-25-26-27-30(15)19(13-16-4-6-18(22)7-5-16)21(31)29-11-9-28(10-12-29)20-17(14-23)3-2-8-24-20/h2-8,19H,9-13H2,1H3. The number of halogens is 1. The summed E-state index contributed by atoms with van der Waals surface area (Å²) in [5, 5.41) is 20.9. The largest absolute Gasteiger partial charge is 0.352 e. The number of tetrazole rings is 1. The Morgan fingerprint density at radius 1 is 1.19 bits per heavy atom. The van der Waals surface area contributed by atoms with Crippen LogP contribution in [0.1, 0.15) is 23.0 Å². The molecule has 31 heavy (non-hydrogen) atoms. The van der Waals surface area contributed by atoms with Crippen LogP contribution in [-0.2, 0) is 11.2 Å². The summed E-state index contributed by atoms with van der Waals surface area (Å²) in [7, 11) is 0. The quantitative estimate of drug-likeness (QED) is 0.616. The van der Waals surface area contributed by atoms with Crippen LogP contribution in [0.25, 0.3) is 0 Å². The van der Waals surface area contributed by atoms with Crippen molar-refractivity contribution >= 4 is 11.7 Å². The molecule has 1 saturated heterocycles. The van der Waals surface area contributed by atoms with Gasteiger partial charge in [-0.3, -0.25) is 4.79 Å². The number of nitriles is 1. The molecule has 1 amide bonds. The Hall–Kier alpha value is -3.87. The summed E-state index contributed by atoms with van der Waals surface area (Å²) in [5.74, 6) is 0.746. The molecule has 1 aliphatic heterocycles. The van der Waals surface area contributed by atoms with Crippen molar-refractivity contribution in [3.05, 3.63) is 65.4 Å². The number of amides is 1. The molecule has 4 rings (SSSR count). The first kappa shape index (κ1) is 20.4. The fourth-order valence-electron chi connectivity index (χ4n) is 3.73. The van der Waals surface area contributed by atoms with E-state index in [9.17, 15) is 14.4 Å². The zero-order chi connectivity index (χ0) is 21.8. The van der Waals surface area contributed by atoms with Gasteiger partial charge in [0.1, 0.15) is 29.6 Å². The predicted molar refractivity (Wildman–Crippen MR) is 109 cm³/mol. The number of rotatable bonds is 5. The minimum absolute atomic E-state index is 0.0964. The molecule has 2 aromatic heterocycles. The third-order valence-electron chi connectivity index (χ3n) is 5.38. The third-order valence-corrected chi connectivity index (χ3v) is 5.38. The Morgan fingerprint density at radius 2 is 1.94 bits per heavy atom. The van der Waals surface area contributed by atoms with Crippen LogP contribution in [-0.4, -0.2) is 62.2 Å². The molecule has 0 N–H and O–H groups in total. The lowest BCUT2D eigenvalue weighted by Crippen LogP contribution is -2.51. The predicted octanol–water partition coefficient (Wildman–Crippen LogP) is 1.52. The van der Waals surface area contributed by atoms with Gasteiger partial charge in [-0.05, 0) is 47.2 Å². The van der Waals surface area contributed by atoms with Crippen molar-refractivity contribution in [3.63, 3.8) is 0 Å². The second kappa shape index (κ2) is 8.87. The molecular formula is C21H21FN8O. The Labute approximate surface area is 178 Å². The molecule has 1 atom stereocenters. The summed E-state index contributed by atoms with van der Waals surface area (Å²) in [4.78, 5) is 21.6. The van der Waals surface area contributed by atoms with E-state index in [1.807, 2.05) is 4.90 Å². The molecule has 3 aromatic rings. The van der Waals surface area contributed by atoms with Crippen molar-refractivity contribution in [2.75, 3.05) is 31.1 Å². The van der Waals surface area contributed by atoms with E-state index in [1.54, 1.807) is 42.3 Å². The average Bonchev–Trinajstić information content (AvgIpc) is 3.24. The van der Waals surface area contributed by atoms with Crippen molar-refractivity contribution in [1.29, 1.82) is 5.26 Å². The minimum Gasteiger partial charge on any atom is -0.352 e. The van der Waals surface area contributed by atoms with Gasteiger partial charge < -0.3 is 9.80 Å². The molecule has 0 saturated carbocycles. The first-order valence-electron chi connectivity index (χ1n) is 9.94. The highest BCUT2D eigenvalue weighted by molar-refractivity contribution is 5.81. The van der Waals surface area contributed by atoms with Gasteiger partial charge in [0.25, 0.3) is 0 Å². The van der Waals surface area contributed by atoms with Crippen LogP contribution in [0.5, 0.6) is 0 Å². The Bertz CT molecular complexity index is 1100. The summed E-state index contributed by atoms with van der Waals surface area (Å²) in [6.07, 6.45) is 2.01. The lowest BCUT2D eigenvalue weighted by atomic mass is 10.0. The number of hydrogen-bond acceptors (Lipinski definition) is 7. The van der Waals surface area contributed by atoms with Gasteiger partial charge in [-0.2, -0.15) is 5.26 Å². The molecule has 0 radical (unpaired) electrons. The van der Waals surface area contributed by atoms with Gasteiger partial charge in [-0.1, -0.05) is 12.1 Å². The smallest absolute Gasteiger partial charge is 0.248 e.